The van der Waals surface area contributed by atoms with Crippen LogP contribution in [0.15, 0.2) is 53.7 Å². The Morgan fingerprint density at radius 1 is 1.14 bits per heavy atom. The predicted molar refractivity (Wildman–Crippen MR) is 107 cm³/mol. The molecular weight excluding hydrogens is 423 g/mol. The van der Waals surface area contributed by atoms with E-state index in [-0.39, 0.29) is 0 Å². The fourth-order valence-electron chi connectivity index (χ4n) is 2.77. The molecule has 1 heterocycles. The molecule has 0 radical (unpaired) electrons. The second-order valence-electron chi connectivity index (χ2n) is 6.26. The highest BCUT2D eigenvalue weighted by molar-refractivity contribution is 7.98. The summed E-state index contributed by atoms with van der Waals surface area (Å²) in [4.78, 5) is 0. The molecule has 0 saturated carbocycles. The van der Waals surface area contributed by atoms with Gasteiger partial charge in [0.05, 0.1) is 10.6 Å². The highest BCUT2D eigenvalue weighted by atomic mass is 35.5. The summed E-state index contributed by atoms with van der Waals surface area (Å²) in [6.45, 7) is 4.40. The lowest BCUT2D eigenvalue weighted by atomic mass is 10.1. The van der Waals surface area contributed by atoms with Gasteiger partial charge in [-0.15, -0.1) is 10.2 Å². The molecule has 3 rings (SSSR count). The zero-order valence-corrected chi connectivity index (χ0v) is 17.4. The molecule has 0 fully saturated rings. The number of rotatable bonds is 7. The molecule has 0 aliphatic carbocycles. The Hall–Kier alpha value is -2.19. The summed E-state index contributed by atoms with van der Waals surface area (Å²) in [5.74, 6) is 1.52. The van der Waals surface area contributed by atoms with Gasteiger partial charge in [0, 0.05) is 12.3 Å². The Bertz CT molecular complexity index is 978. The number of halogens is 4. The summed E-state index contributed by atoms with van der Waals surface area (Å²) < 4.78 is 46.5. The third-order valence-electron chi connectivity index (χ3n) is 4.19. The Kier molecular flexibility index (Phi) is 6.74. The highest BCUT2D eigenvalue weighted by Gasteiger charge is 2.30. The van der Waals surface area contributed by atoms with Crippen molar-refractivity contribution in [3.8, 4) is 5.75 Å². The quantitative estimate of drug-likeness (QED) is 0.397. The first kappa shape index (κ1) is 21.5. The second kappa shape index (κ2) is 9.09. The van der Waals surface area contributed by atoms with Crippen molar-refractivity contribution in [2.75, 3.05) is 0 Å². The summed E-state index contributed by atoms with van der Waals surface area (Å²) in [7, 11) is 0. The molecule has 1 aromatic heterocycles. The largest absolute Gasteiger partial charge is 0.481 e. The first-order valence-electron chi connectivity index (χ1n) is 8.92. The summed E-state index contributed by atoms with van der Waals surface area (Å²) in [5, 5.41) is 9.55. The maximum atomic E-state index is 12.9. The van der Waals surface area contributed by atoms with Crippen LogP contribution in [0, 0.1) is 0 Å². The van der Waals surface area contributed by atoms with Crippen molar-refractivity contribution >= 4 is 23.4 Å². The minimum Gasteiger partial charge on any atom is -0.481 e. The molecule has 0 bridgehead atoms. The number of alkyl halides is 3. The number of ether oxygens (including phenoxy) is 1. The Morgan fingerprint density at radius 3 is 2.59 bits per heavy atom. The van der Waals surface area contributed by atoms with Gasteiger partial charge in [-0.25, -0.2) is 0 Å². The number of hydrogen-bond donors (Lipinski definition) is 0. The van der Waals surface area contributed by atoms with E-state index in [0.29, 0.717) is 39.6 Å². The minimum absolute atomic E-state index is 0.349. The maximum absolute atomic E-state index is 12.9. The van der Waals surface area contributed by atoms with Crippen molar-refractivity contribution in [1.82, 2.24) is 14.8 Å². The van der Waals surface area contributed by atoms with E-state index < -0.39 is 17.8 Å². The Balaban J connectivity index is 1.74. The van der Waals surface area contributed by atoms with Gasteiger partial charge in [0.15, 0.2) is 17.1 Å². The van der Waals surface area contributed by atoms with E-state index in [9.17, 15) is 13.2 Å². The van der Waals surface area contributed by atoms with E-state index in [0.717, 1.165) is 12.1 Å². The standard InChI is InChI=1S/C20H19ClF3N3OS/c1-3-27-18(13(2)28-17-10-5-4-9-16(17)21)25-26-19(27)29-12-14-7-6-8-15(11-14)20(22,23)24/h4-11,13H,3,12H2,1-2H3. The molecular formula is C20H19ClF3N3OS. The van der Waals surface area contributed by atoms with Crippen LogP contribution in [0.25, 0.3) is 0 Å². The number of para-hydroxylation sites is 1. The van der Waals surface area contributed by atoms with Crippen LogP contribution in [0.4, 0.5) is 13.2 Å². The molecule has 0 aliphatic rings. The zero-order chi connectivity index (χ0) is 21.0. The molecule has 0 N–H and O–H groups in total. The summed E-state index contributed by atoms with van der Waals surface area (Å²) in [6, 6.07) is 12.5. The van der Waals surface area contributed by atoms with Crippen LogP contribution in [-0.2, 0) is 18.5 Å². The smallest absolute Gasteiger partial charge is 0.416 e. The van der Waals surface area contributed by atoms with Gasteiger partial charge in [-0.1, -0.05) is 53.7 Å². The van der Waals surface area contributed by atoms with Gasteiger partial charge in [0.25, 0.3) is 0 Å². The topological polar surface area (TPSA) is 39.9 Å². The third-order valence-corrected chi connectivity index (χ3v) is 5.54. The molecule has 2 aromatic carbocycles. The number of nitrogens with zero attached hydrogens (tertiary/aromatic N) is 3. The SMILES string of the molecule is CCn1c(SCc2cccc(C(F)(F)F)c2)nnc1C(C)Oc1ccccc1Cl. The molecule has 9 heteroatoms. The fourth-order valence-corrected chi connectivity index (χ4v) is 3.91. The van der Waals surface area contributed by atoms with Gasteiger partial charge < -0.3 is 9.30 Å². The maximum Gasteiger partial charge on any atom is 0.416 e. The van der Waals surface area contributed by atoms with E-state index in [1.165, 1.54) is 17.8 Å². The van der Waals surface area contributed by atoms with Gasteiger partial charge in [-0.3, -0.25) is 0 Å². The molecule has 0 saturated heterocycles. The van der Waals surface area contributed by atoms with Crippen LogP contribution in [0.1, 0.15) is 36.9 Å². The van der Waals surface area contributed by atoms with Crippen LogP contribution in [0.3, 0.4) is 0 Å². The predicted octanol–water partition coefficient (Wildman–Crippen LogP) is 6.40. The van der Waals surface area contributed by atoms with E-state index in [4.69, 9.17) is 16.3 Å². The van der Waals surface area contributed by atoms with Crippen molar-refractivity contribution in [3.63, 3.8) is 0 Å². The van der Waals surface area contributed by atoms with E-state index in [1.54, 1.807) is 18.2 Å². The number of aromatic nitrogens is 3. The van der Waals surface area contributed by atoms with E-state index in [2.05, 4.69) is 10.2 Å². The Morgan fingerprint density at radius 2 is 1.90 bits per heavy atom. The highest BCUT2D eigenvalue weighted by Crippen LogP contribution is 2.32. The van der Waals surface area contributed by atoms with Crippen molar-refractivity contribution in [2.24, 2.45) is 0 Å². The molecule has 0 aliphatic heterocycles. The van der Waals surface area contributed by atoms with Gasteiger partial charge >= 0.3 is 6.18 Å². The number of thioether (sulfide) groups is 1. The van der Waals surface area contributed by atoms with Crippen molar-refractivity contribution in [3.05, 3.63) is 70.5 Å². The van der Waals surface area contributed by atoms with Crippen molar-refractivity contribution < 1.29 is 17.9 Å². The lowest BCUT2D eigenvalue weighted by Crippen LogP contribution is -2.12. The lowest BCUT2D eigenvalue weighted by molar-refractivity contribution is -0.137. The van der Waals surface area contributed by atoms with E-state index in [1.807, 2.05) is 30.5 Å². The fraction of sp³-hybridized carbons (Fsp3) is 0.300. The molecule has 29 heavy (non-hydrogen) atoms. The van der Waals surface area contributed by atoms with Crippen molar-refractivity contribution in [1.29, 1.82) is 0 Å². The minimum atomic E-state index is -4.36. The van der Waals surface area contributed by atoms with Crippen molar-refractivity contribution in [2.45, 2.75) is 43.6 Å². The average Bonchev–Trinajstić information content (AvgIpc) is 3.11. The van der Waals surface area contributed by atoms with Gasteiger partial charge in [-0.2, -0.15) is 13.2 Å². The molecule has 3 aromatic rings. The molecule has 4 nitrogen and oxygen atoms in total. The van der Waals surface area contributed by atoms with Gasteiger partial charge in [0.2, 0.25) is 0 Å². The second-order valence-corrected chi connectivity index (χ2v) is 7.61. The van der Waals surface area contributed by atoms with Crippen LogP contribution in [-0.4, -0.2) is 14.8 Å². The molecule has 154 valence electrons. The zero-order valence-electron chi connectivity index (χ0n) is 15.8. The summed E-state index contributed by atoms with van der Waals surface area (Å²) >= 11 is 7.48. The first-order valence-corrected chi connectivity index (χ1v) is 10.3. The Labute approximate surface area is 176 Å². The van der Waals surface area contributed by atoms with Crippen LogP contribution >= 0.6 is 23.4 Å². The summed E-state index contributed by atoms with van der Waals surface area (Å²) in [5.41, 5.74) is -0.0904. The van der Waals surface area contributed by atoms with Crippen LogP contribution in [0.5, 0.6) is 5.75 Å². The van der Waals surface area contributed by atoms with Gasteiger partial charge in [-0.05, 0) is 37.6 Å². The normalized spacial score (nSPS) is 12.8. The van der Waals surface area contributed by atoms with E-state index >= 15 is 0 Å². The first-order chi connectivity index (χ1) is 13.8. The summed E-state index contributed by atoms with van der Waals surface area (Å²) in [6.07, 6.45) is -4.76. The van der Waals surface area contributed by atoms with Gasteiger partial charge in [0.1, 0.15) is 5.75 Å². The monoisotopic (exact) mass is 441 g/mol. The lowest BCUT2D eigenvalue weighted by Gasteiger charge is -2.16. The number of benzene rings is 2. The third kappa shape index (κ3) is 5.25. The molecule has 0 amide bonds. The molecule has 1 unspecified atom stereocenters. The molecule has 1 atom stereocenters. The average molecular weight is 442 g/mol. The molecule has 0 spiro atoms. The number of hydrogen-bond acceptors (Lipinski definition) is 4. The van der Waals surface area contributed by atoms with Crippen LogP contribution < -0.4 is 4.74 Å². The van der Waals surface area contributed by atoms with Crippen LogP contribution in [0.2, 0.25) is 5.02 Å².